The Balaban J connectivity index is 1.32. The van der Waals surface area contributed by atoms with Crippen molar-refractivity contribution in [3.63, 3.8) is 0 Å². The molecule has 0 aromatic carbocycles. The third-order valence-corrected chi connectivity index (χ3v) is 5.19. The van der Waals surface area contributed by atoms with Gasteiger partial charge < -0.3 is 19.9 Å². The SMILES string of the molecule is CC(CNCC1CNc2cc(-c3cnn(C)c3)cnc2O1)c1ccc(=O)n(C)c1. The fourth-order valence-electron chi connectivity index (χ4n) is 3.42. The standard InChI is InChI=1S/C21H26N6O2/c1-14(15-4-5-20(28)26(2)12-15)7-22-10-18-11-23-19-6-16(8-24-21(19)29-18)17-9-25-27(3)13-17/h4-6,8-9,12-14,18,22-23H,7,10-11H2,1-3H3. The topological polar surface area (TPSA) is 86.0 Å². The summed E-state index contributed by atoms with van der Waals surface area (Å²) < 4.78 is 9.44. The molecule has 1 aliphatic rings. The van der Waals surface area contributed by atoms with E-state index in [1.54, 1.807) is 22.4 Å². The number of rotatable bonds is 6. The van der Waals surface area contributed by atoms with Crippen molar-refractivity contribution >= 4 is 5.69 Å². The molecule has 29 heavy (non-hydrogen) atoms. The minimum atomic E-state index is 0.00608. The molecule has 8 nitrogen and oxygen atoms in total. The first-order valence-electron chi connectivity index (χ1n) is 9.76. The Kier molecular flexibility index (Phi) is 5.35. The van der Waals surface area contributed by atoms with Gasteiger partial charge in [0.2, 0.25) is 11.4 Å². The molecule has 0 radical (unpaired) electrons. The highest BCUT2D eigenvalue weighted by Crippen LogP contribution is 2.31. The lowest BCUT2D eigenvalue weighted by Crippen LogP contribution is -2.40. The fourth-order valence-corrected chi connectivity index (χ4v) is 3.42. The normalized spacial score (nSPS) is 16.6. The van der Waals surface area contributed by atoms with Gasteiger partial charge in [0.05, 0.1) is 18.4 Å². The molecule has 152 valence electrons. The number of nitrogens with zero attached hydrogens (tertiary/aromatic N) is 4. The first kappa shape index (κ1) is 19.2. The predicted octanol–water partition coefficient (Wildman–Crippen LogP) is 1.75. The number of hydrogen-bond donors (Lipinski definition) is 2. The van der Waals surface area contributed by atoms with Crippen LogP contribution in [0.4, 0.5) is 5.69 Å². The average Bonchev–Trinajstić information content (AvgIpc) is 3.16. The number of ether oxygens (including phenoxy) is 1. The van der Waals surface area contributed by atoms with Crippen LogP contribution < -0.4 is 20.9 Å². The molecule has 0 amide bonds. The molecule has 8 heteroatoms. The van der Waals surface area contributed by atoms with Gasteiger partial charge in [0.15, 0.2) is 0 Å². The van der Waals surface area contributed by atoms with Crippen LogP contribution in [0.2, 0.25) is 0 Å². The summed E-state index contributed by atoms with van der Waals surface area (Å²) in [5, 5.41) is 11.1. The number of aryl methyl sites for hydroxylation is 2. The number of aromatic nitrogens is 4. The van der Waals surface area contributed by atoms with E-state index in [2.05, 4.69) is 27.6 Å². The third-order valence-electron chi connectivity index (χ3n) is 5.19. The Morgan fingerprint density at radius 1 is 1.28 bits per heavy atom. The van der Waals surface area contributed by atoms with Crippen molar-refractivity contribution in [1.29, 1.82) is 0 Å². The van der Waals surface area contributed by atoms with Gasteiger partial charge in [-0.05, 0) is 17.5 Å². The minimum Gasteiger partial charge on any atom is -0.470 e. The van der Waals surface area contributed by atoms with E-state index in [1.165, 1.54) is 0 Å². The summed E-state index contributed by atoms with van der Waals surface area (Å²) in [6.07, 6.45) is 7.51. The zero-order chi connectivity index (χ0) is 20.4. The van der Waals surface area contributed by atoms with Crippen LogP contribution in [-0.2, 0) is 14.1 Å². The number of nitrogens with one attached hydrogen (secondary N) is 2. The maximum Gasteiger partial charge on any atom is 0.250 e. The Hall–Kier alpha value is -3.13. The monoisotopic (exact) mass is 394 g/mol. The zero-order valence-electron chi connectivity index (χ0n) is 16.9. The Morgan fingerprint density at radius 2 is 2.14 bits per heavy atom. The lowest BCUT2D eigenvalue weighted by atomic mass is 10.0. The van der Waals surface area contributed by atoms with E-state index in [9.17, 15) is 4.79 Å². The van der Waals surface area contributed by atoms with Crippen LogP contribution in [0.25, 0.3) is 11.1 Å². The van der Waals surface area contributed by atoms with Crippen molar-refractivity contribution in [1.82, 2.24) is 24.6 Å². The van der Waals surface area contributed by atoms with Crippen molar-refractivity contribution in [3.05, 3.63) is 58.9 Å². The summed E-state index contributed by atoms with van der Waals surface area (Å²) in [4.78, 5) is 16.0. The number of hydrogen-bond acceptors (Lipinski definition) is 6. The summed E-state index contributed by atoms with van der Waals surface area (Å²) in [6.45, 7) is 4.38. The van der Waals surface area contributed by atoms with Crippen molar-refractivity contribution < 1.29 is 4.74 Å². The van der Waals surface area contributed by atoms with Gasteiger partial charge >= 0.3 is 0 Å². The Morgan fingerprint density at radius 3 is 2.90 bits per heavy atom. The second-order valence-electron chi connectivity index (χ2n) is 7.57. The second-order valence-corrected chi connectivity index (χ2v) is 7.57. The molecule has 0 bridgehead atoms. The van der Waals surface area contributed by atoms with Gasteiger partial charge in [-0.15, -0.1) is 0 Å². The van der Waals surface area contributed by atoms with E-state index in [1.807, 2.05) is 44.0 Å². The molecule has 4 heterocycles. The minimum absolute atomic E-state index is 0.00608. The van der Waals surface area contributed by atoms with Gasteiger partial charge in [-0.2, -0.15) is 5.10 Å². The van der Waals surface area contributed by atoms with Gasteiger partial charge in [0.1, 0.15) is 6.10 Å². The summed E-state index contributed by atoms with van der Waals surface area (Å²) in [5.74, 6) is 0.924. The van der Waals surface area contributed by atoms with Crippen LogP contribution >= 0.6 is 0 Å². The highest BCUT2D eigenvalue weighted by atomic mass is 16.5. The Labute approximate surface area is 169 Å². The molecule has 3 aromatic heterocycles. The summed E-state index contributed by atoms with van der Waals surface area (Å²) >= 11 is 0. The van der Waals surface area contributed by atoms with Gasteiger partial charge in [0.25, 0.3) is 0 Å². The smallest absolute Gasteiger partial charge is 0.250 e. The molecule has 4 rings (SSSR count). The van der Waals surface area contributed by atoms with Crippen molar-refractivity contribution in [2.24, 2.45) is 14.1 Å². The van der Waals surface area contributed by atoms with Crippen LogP contribution in [0.15, 0.2) is 47.8 Å². The molecular weight excluding hydrogens is 368 g/mol. The van der Waals surface area contributed by atoms with Crippen molar-refractivity contribution in [2.75, 3.05) is 25.0 Å². The predicted molar refractivity (Wildman–Crippen MR) is 112 cm³/mol. The molecule has 2 N–H and O–H groups in total. The van der Waals surface area contributed by atoms with E-state index in [4.69, 9.17) is 4.74 Å². The van der Waals surface area contributed by atoms with Gasteiger partial charge in [-0.25, -0.2) is 4.98 Å². The highest BCUT2D eigenvalue weighted by molar-refractivity contribution is 5.69. The molecular formula is C21H26N6O2. The lowest BCUT2D eigenvalue weighted by Gasteiger charge is -2.27. The highest BCUT2D eigenvalue weighted by Gasteiger charge is 2.21. The molecule has 2 atom stereocenters. The van der Waals surface area contributed by atoms with E-state index >= 15 is 0 Å². The Bertz CT molecular complexity index is 1060. The van der Waals surface area contributed by atoms with Crippen LogP contribution in [0, 0.1) is 0 Å². The number of fused-ring (bicyclic) bond motifs is 1. The molecule has 2 unspecified atom stereocenters. The molecule has 0 saturated heterocycles. The van der Waals surface area contributed by atoms with Gasteiger partial charge in [-0.1, -0.05) is 13.0 Å². The van der Waals surface area contributed by atoms with Crippen molar-refractivity contribution in [3.8, 4) is 17.0 Å². The maximum absolute atomic E-state index is 11.5. The quantitative estimate of drug-likeness (QED) is 0.663. The molecule has 0 aliphatic carbocycles. The first-order chi connectivity index (χ1) is 14.0. The maximum atomic E-state index is 11.5. The molecule has 0 spiro atoms. The third kappa shape index (κ3) is 4.32. The first-order valence-corrected chi connectivity index (χ1v) is 9.76. The van der Waals surface area contributed by atoms with E-state index in [0.717, 1.165) is 28.9 Å². The summed E-state index contributed by atoms with van der Waals surface area (Å²) in [7, 11) is 3.67. The van der Waals surface area contributed by atoms with Crippen LogP contribution in [-0.4, -0.2) is 45.1 Å². The largest absolute Gasteiger partial charge is 0.470 e. The summed E-state index contributed by atoms with van der Waals surface area (Å²) in [5.41, 5.74) is 4.09. The average molecular weight is 394 g/mol. The molecule has 0 fully saturated rings. The van der Waals surface area contributed by atoms with Gasteiger partial charge in [0, 0.05) is 63.0 Å². The molecule has 3 aromatic rings. The van der Waals surface area contributed by atoms with Crippen LogP contribution in [0.5, 0.6) is 5.88 Å². The molecule has 1 aliphatic heterocycles. The summed E-state index contributed by atoms with van der Waals surface area (Å²) in [6, 6.07) is 5.56. The van der Waals surface area contributed by atoms with Crippen LogP contribution in [0.1, 0.15) is 18.4 Å². The van der Waals surface area contributed by atoms with E-state index < -0.39 is 0 Å². The fraction of sp³-hybridized carbons (Fsp3) is 0.381. The van der Waals surface area contributed by atoms with E-state index in [-0.39, 0.29) is 11.7 Å². The van der Waals surface area contributed by atoms with Crippen LogP contribution in [0.3, 0.4) is 0 Å². The van der Waals surface area contributed by atoms with Gasteiger partial charge in [-0.3, -0.25) is 9.48 Å². The van der Waals surface area contributed by atoms with E-state index in [0.29, 0.717) is 24.9 Å². The lowest BCUT2D eigenvalue weighted by molar-refractivity contribution is 0.193. The second kappa shape index (κ2) is 8.08. The van der Waals surface area contributed by atoms with Crippen molar-refractivity contribution in [2.45, 2.75) is 18.9 Å². The number of anilines is 1. The zero-order valence-corrected chi connectivity index (χ0v) is 16.9. The molecule has 0 saturated carbocycles. The number of pyridine rings is 2.